The highest BCUT2D eigenvalue weighted by Gasteiger charge is 2.46. The van der Waals surface area contributed by atoms with Gasteiger partial charge in [0.05, 0.1) is 0 Å². The second-order valence-corrected chi connectivity index (χ2v) is 7.32. The van der Waals surface area contributed by atoms with Gasteiger partial charge in [0.25, 0.3) is 5.91 Å². The fourth-order valence-electron chi connectivity index (χ4n) is 4.04. The predicted molar refractivity (Wildman–Crippen MR) is 92.5 cm³/mol. The van der Waals surface area contributed by atoms with E-state index < -0.39 is 0 Å². The maximum atomic E-state index is 13.0. The molecule has 0 bridgehead atoms. The van der Waals surface area contributed by atoms with Crippen LogP contribution in [0.4, 0.5) is 5.69 Å². The first-order valence-corrected chi connectivity index (χ1v) is 8.53. The summed E-state index contributed by atoms with van der Waals surface area (Å²) in [6.07, 6.45) is 2.17. The molecule has 126 valence electrons. The number of hydrogen-bond donors (Lipinski definition) is 0. The molecule has 2 aliphatic rings. The quantitative estimate of drug-likeness (QED) is 0.809. The number of hydrogen-bond acceptors (Lipinski definition) is 4. The molecule has 5 nitrogen and oxygen atoms in total. The first kappa shape index (κ1) is 15.4. The fourth-order valence-corrected chi connectivity index (χ4v) is 4.04. The normalized spacial score (nSPS) is 19.7. The number of anilines is 1. The van der Waals surface area contributed by atoms with Gasteiger partial charge in [-0.3, -0.25) is 4.79 Å². The molecule has 1 saturated heterocycles. The molecule has 3 heterocycles. The lowest BCUT2D eigenvalue weighted by molar-refractivity contribution is 0.0970. The van der Waals surface area contributed by atoms with Crippen LogP contribution >= 0.6 is 0 Å². The Balaban J connectivity index is 1.75. The lowest BCUT2D eigenvalue weighted by atomic mass is 9.74. The van der Waals surface area contributed by atoms with Crippen LogP contribution in [0.1, 0.15) is 40.2 Å². The highest BCUT2D eigenvalue weighted by Crippen LogP contribution is 2.47. The first-order chi connectivity index (χ1) is 11.5. The van der Waals surface area contributed by atoms with Crippen molar-refractivity contribution < 1.29 is 9.32 Å². The zero-order valence-electron chi connectivity index (χ0n) is 14.5. The number of piperidine rings is 1. The molecule has 0 aliphatic carbocycles. The molecule has 4 rings (SSSR count). The molecule has 1 aromatic carbocycles. The van der Waals surface area contributed by atoms with Crippen LogP contribution in [0.5, 0.6) is 0 Å². The van der Waals surface area contributed by atoms with Crippen molar-refractivity contribution >= 4 is 11.6 Å². The number of nitrogens with zero attached hydrogens (tertiary/aromatic N) is 3. The van der Waals surface area contributed by atoms with Crippen LogP contribution in [-0.4, -0.2) is 42.6 Å². The third kappa shape index (κ3) is 2.35. The maximum absolute atomic E-state index is 13.0. The summed E-state index contributed by atoms with van der Waals surface area (Å²) in [5.74, 6) is 0.600. The zero-order chi connectivity index (χ0) is 16.9. The van der Waals surface area contributed by atoms with E-state index in [2.05, 4.69) is 42.2 Å². The third-order valence-electron chi connectivity index (χ3n) is 5.51. The number of carbonyl (C=O) groups excluding carboxylic acids is 1. The maximum Gasteiger partial charge on any atom is 0.280 e. The second-order valence-electron chi connectivity index (χ2n) is 7.32. The van der Waals surface area contributed by atoms with E-state index in [1.807, 2.05) is 11.8 Å². The van der Waals surface area contributed by atoms with E-state index in [-0.39, 0.29) is 11.3 Å². The van der Waals surface area contributed by atoms with Crippen LogP contribution in [0.15, 0.2) is 28.8 Å². The monoisotopic (exact) mass is 325 g/mol. The second kappa shape index (κ2) is 5.45. The smallest absolute Gasteiger partial charge is 0.280 e. The Morgan fingerprint density at radius 2 is 1.96 bits per heavy atom. The van der Waals surface area contributed by atoms with Crippen molar-refractivity contribution in [3.63, 3.8) is 0 Å². The van der Waals surface area contributed by atoms with Gasteiger partial charge in [-0.05, 0) is 58.5 Å². The Labute approximate surface area is 142 Å². The Morgan fingerprint density at radius 1 is 1.21 bits per heavy atom. The molecule has 0 unspecified atom stereocenters. The Morgan fingerprint density at radius 3 is 2.62 bits per heavy atom. The van der Waals surface area contributed by atoms with Crippen LogP contribution in [0.2, 0.25) is 0 Å². The van der Waals surface area contributed by atoms with E-state index in [4.69, 9.17) is 4.52 Å². The number of carbonyl (C=O) groups is 1. The summed E-state index contributed by atoms with van der Waals surface area (Å²) in [6.45, 7) is 6.80. The first-order valence-electron chi connectivity index (χ1n) is 8.53. The van der Waals surface area contributed by atoms with E-state index in [0.717, 1.165) is 38.2 Å². The summed E-state index contributed by atoms with van der Waals surface area (Å²) < 4.78 is 5.10. The third-order valence-corrected chi connectivity index (χ3v) is 5.51. The van der Waals surface area contributed by atoms with E-state index in [1.54, 1.807) is 6.07 Å². The topological polar surface area (TPSA) is 49.6 Å². The number of rotatable bonds is 1. The molecule has 1 spiro atoms. The van der Waals surface area contributed by atoms with Crippen LogP contribution < -0.4 is 4.90 Å². The average Bonchev–Trinajstić information content (AvgIpc) is 3.13. The number of benzene rings is 1. The van der Waals surface area contributed by atoms with Crippen molar-refractivity contribution in [1.82, 2.24) is 10.1 Å². The lowest BCUT2D eigenvalue weighted by Crippen LogP contribution is -2.44. The summed E-state index contributed by atoms with van der Waals surface area (Å²) in [7, 11) is 2.17. The van der Waals surface area contributed by atoms with Crippen molar-refractivity contribution in [3.8, 4) is 0 Å². The van der Waals surface area contributed by atoms with Crippen molar-refractivity contribution in [3.05, 3.63) is 46.8 Å². The van der Waals surface area contributed by atoms with Crippen LogP contribution in [0.3, 0.4) is 0 Å². The van der Waals surface area contributed by atoms with Crippen LogP contribution in [0.25, 0.3) is 0 Å². The van der Waals surface area contributed by atoms with E-state index in [9.17, 15) is 4.79 Å². The number of aryl methyl sites for hydroxylation is 2. The summed E-state index contributed by atoms with van der Waals surface area (Å²) >= 11 is 0. The predicted octanol–water partition coefficient (Wildman–Crippen LogP) is 2.92. The molecule has 24 heavy (non-hydrogen) atoms. The van der Waals surface area contributed by atoms with Crippen molar-refractivity contribution in [2.75, 3.05) is 31.6 Å². The number of amides is 1. The molecule has 1 aromatic heterocycles. The van der Waals surface area contributed by atoms with Gasteiger partial charge in [-0.25, -0.2) is 0 Å². The number of likely N-dealkylation sites (tertiary alicyclic amines) is 1. The van der Waals surface area contributed by atoms with Crippen molar-refractivity contribution in [2.45, 2.75) is 32.1 Å². The summed E-state index contributed by atoms with van der Waals surface area (Å²) in [6, 6.07) is 8.15. The molecule has 2 aromatic rings. The van der Waals surface area contributed by atoms with Crippen molar-refractivity contribution in [2.24, 2.45) is 0 Å². The minimum Gasteiger partial charge on any atom is -0.361 e. The molecule has 0 atom stereocenters. The number of fused-ring (bicyclic) bond motifs is 2. The van der Waals surface area contributed by atoms with Gasteiger partial charge in [0.15, 0.2) is 5.69 Å². The molecule has 0 N–H and O–H groups in total. The molecule has 1 amide bonds. The fraction of sp³-hybridized carbons (Fsp3) is 0.474. The minimum atomic E-state index is -0.0623. The zero-order valence-corrected chi connectivity index (χ0v) is 14.5. The van der Waals surface area contributed by atoms with E-state index >= 15 is 0 Å². The molecule has 0 radical (unpaired) electrons. The van der Waals surface area contributed by atoms with Gasteiger partial charge >= 0.3 is 0 Å². The Bertz CT molecular complexity index is 788. The highest BCUT2D eigenvalue weighted by atomic mass is 16.5. The summed E-state index contributed by atoms with van der Waals surface area (Å²) in [4.78, 5) is 17.3. The van der Waals surface area contributed by atoms with Gasteiger partial charge in [0.1, 0.15) is 5.76 Å². The largest absolute Gasteiger partial charge is 0.361 e. The highest BCUT2D eigenvalue weighted by molar-refractivity contribution is 6.06. The van der Waals surface area contributed by atoms with Gasteiger partial charge in [0, 0.05) is 23.7 Å². The van der Waals surface area contributed by atoms with Crippen molar-refractivity contribution in [1.29, 1.82) is 0 Å². The summed E-state index contributed by atoms with van der Waals surface area (Å²) in [5.41, 5.74) is 4.07. The Kier molecular flexibility index (Phi) is 3.49. The Hall–Kier alpha value is -2.14. The molecule has 5 heteroatoms. The number of aromatic nitrogens is 1. The average molecular weight is 325 g/mol. The molecular formula is C19H23N3O2. The molecule has 0 saturated carbocycles. The molecule has 2 aliphatic heterocycles. The van der Waals surface area contributed by atoms with Crippen LogP contribution in [0, 0.1) is 13.8 Å². The SMILES string of the molecule is Cc1ccc2c(c1)C1(CCN(C)CC1)CN2C(=O)c1cc(C)on1. The van der Waals surface area contributed by atoms with E-state index in [0.29, 0.717) is 11.5 Å². The van der Waals surface area contributed by atoms with Gasteiger partial charge in [-0.15, -0.1) is 0 Å². The van der Waals surface area contributed by atoms with Gasteiger partial charge in [-0.1, -0.05) is 22.9 Å². The summed E-state index contributed by atoms with van der Waals surface area (Å²) in [5, 5.41) is 3.92. The lowest BCUT2D eigenvalue weighted by Gasteiger charge is -2.38. The molecular weight excluding hydrogens is 302 g/mol. The standard InChI is InChI=1S/C19H23N3O2/c1-13-4-5-17-15(10-13)19(6-8-21(3)9-7-19)12-22(17)18(23)16-11-14(2)24-20-16/h4-5,10-11H,6-9,12H2,1-3H3. The van der Waals surface area contributed by atoms with E-state index in [1.165, 1.54) is 11.1 Å². The van der Waals surface area contributed by atoms with Gasteiger partial charge in [-0.2, -0.15) is 0 Å². The van der Waals surface area contributed by atoms with Gasteiger partial charge in [0.2, 0.25) is 0 Å². The van der Waals surface area contributed by atoms with Gasteiger partial charge < -0.3 is 14.3 Å². The minimum absolute atomic E-state index is 0.0623. The molecule has 1 fully saturated rings. The van der Waals surface area contributed by atoms with Crippen LogP contribution in [-0.2, 0) is 5.41 Å².